The number of carbonyl (C=O) groups is 2. The highest BCUT2D eigenvalue weighted by Gasteiger charge is 2.15. The number of likely N-dealkylation sites (N-methyl/N-ethyl adjacent to an activating group) is 1. The third-order valence-corrected chi connectivity index (χ3v) is 4.15. The summed E-state index contributed by atoms with van der Waals surface area (Å²) >= 11 is 5.85. The van der Waals surface area contributed by atoms with Gasteiger partial charge in [0.2, 0.25) is 0 Å². The minimum absolute atomic E-state index is 0.178. The van der Waals surface area contributed by atoms with Gasteiger partial charge < -0.3 is 9.64 Å². The van der Waals surface area contributed by atoms with Gasteiger partial charge in [0.05, 0.1) is 5.52 Å². The second kappa shape index (κ2) is 7.97. The molecule has 3 aromatic rings. The number of nitrogens with zero attached hydrogens (tertiary/aromatic N) is 2. The number of ether oxygens (including phenoxy) is 1. The number of rotatable bonds is 5. The Kier molecular flexibility index (Phi) is 5.49. The summed E-state index contributed by atoms with van der Waals surface area (Å²) in [6.45, 7) is 0.0687. The van der Waals surface area contributed by atoms with Crippen LogP contribution in [0.15, 0.2) is 60.7 Å². The number of fused-ring (bicyclic) bond motifs is 1. The lowest BCUT2D eigenvalue weighted by molar-refractivity contribution is -0.133. The summed E-state index contributed by atoms with van der Waals surface area (Å²) in [5.41, 5.74) is 1.82. The van der Waals surface area contributed by atoms with Crippen LogP contribution in [-0.2, 0) is 16.1 Å². The summed E-state index contributed by atoms with van der Waals surface area (Å²) < 4.78 is 5.10. The zero-order chi connectivity index (χ0) is 18.5. The quantitative estimate of drug-likeness (QED) is 0.644. The second-order valence-corrected chi connectivity index (χ2v) is 6.28. The number of para-hydroxylation sites is 1. The molecular weight excluding hydrogens is 352 g/mol. The fraction of sp³-hybridized carbons (Fsp3) is 0.150. The largest absolute Gasteiger partial charge is 0.451 e. The number of amides is 1. The van der Waals surface area contributed by atoms with E-state index in [-0.39, 0.29) is 18.2 Å². The zero-order valence-corrected chi connectivity index (χ0v) is 14.9. The molecule has 6 heteroatoms. The molecule has 0 saturated heterocycles. The van der Waals surface area contributed by atoms with Crippen LogP contribution in [-0.4, -0.2) is 35.4 Å². The van der Waals surface area contributed by atoms with Gasteiger partial charge in [-0.2, -0.15) is 0 Å². The molecule has 1 aromatic heterocycles. The maximum atomic E-state index is 12.2. The van der Waals surface area contributed by atoms with Gasteiger partial charge in [0.15, 0.2) is 6.61 Å². The van der Waals surface area contributed by atoms with Crippen LogP contribution in [0.2, 0.25) is 5.02 Å². The molecule has 2 aromatic carbocycles. The molecule has 0 fully saturated rings. The summed E-state index contributed by atoms with van der Waals surface area (Å²) in [6, 6.07) is 18.1. The van der Waals surface area contributed by atoms with E-state index in [2.05, 4.69) is 4.98 Å². The SMILES string of the molecule is CN(Cc1ccc(Cl)cc1)C(=O)COC(=O)c1ccc2ccccc2n1. The maximum absolute atomic E-state index is 12.2. The van der Waals surface area contributed by atoms with Gasteiger partial charge in [-0.05, 0) is 29.8 Å². The van der Waals surface area contributed by atoms with E-state index in [1.807, 2.05) is 36.4 Å². The molecule has 5 nitrogen and oxygen atoms in total. The smallest absolute Gasteiger partial charge is 0.357 e. The Hall–Kier alpha value is -2.92. The Morgan fingerprint density at radius 1 is 1.04 bits per heavy atom. The predicted molar refractivity (Wildman–Crippen MR) is 100.0 cm³/mol. The number of benzene rings is 2. The van der Waals surface area contributed by atoms with Gasteiger partial charge in [0, 0.05) is 24.0 Å². The molecule has 0 unspecified atom stereocenters. The summed E-state index contributed by atoms with van der Waals surface area (Å²) in [4.78, 5) is 30.1. The lowest BCUT2D eigenvalue weighted by Gasteiger charge is -2.17. The van der Waals surface area contributed by atoms with Crippen LogP contribution in [0, 0.1) is 0 Å². The molecule has 0 atom stereocenters. The molecule has 1 amide bonds. The standard InChI is InChI=1S/C20H17ClN2O3/c1-23(12-14-6-9-16(21)10-7-14)19(24)13-26-20(25)18-11-8-15-4-2-3-5-17(15)22-18/h2-11H,12-13H2,1H3. The van der Waals surface area contributed by atoms with Gasteiger partial charge in [-0.1, -0.05) is 48.0 Å². The first-order chi connectivity index (χ1) is 12.5. The highest BCUT2D eigenvalue weighted by Crippen LogP contribution is 2.13. The monoisotopic (exact) mass is 368 g/mol. The molecular formula is C20H17ClN2O3. The minimum Gasteiger partial charge on any atom is -0.451 e. The molecule has 0 N–H and O–H groups in total. The number of carbonyl (C=O) groups excluding carboxylic acids is 2. The number of aromatic nitrogens is 1. The van der Waals surface area contributed by atoms with E-state index in [4.69, 9.17) is 16.3 Å². The first-order valence-electron chi connectivity index (χ1n) is 8.04. The highest BCUT2D eigenvalue weighted by molar-refractivity contribution is 6.30. The van der Waals surface area contributed by atoms with Gasteiger partial charge in [-0.15, -0.1) is 0 Å². The van der Waals surface area contributed by atoms with Crippen molar-refractivity contribution in [1.82, 2.24) is 9.88 Å². The molecule has 26 heavy (non-hydrogen) atoms. The van der Waals surface area contributed by atoms with Crippen LogP contribution in [0.25, 0.3) is 10.9 Å². The van der Waals surface area contributed by atoms with Gasteiger partial charge in [0.25, 0.3) is 5.91 Å². The van der Waals surface area contributed by atoms with Crippen molar-refractivity contribution < 1.29 is 14.3 Å². The maximum Gasteiger partial charge on any atom is 0.357 e. The number of pyridine rings is 1. The molecule has 0 aliphatic heterocycles. The Bertz CT molecular complexity index is 941. The van der Waals surface area contributed by atoms with E-state index in [0.717, 1.165) is 10.9 Å². The van der Waals surface area contributed by atoms with Crippen molar-refractivity contribution in [3.63, 3.8) is 0 Å². The summed E-state index contributed by atoms with van der Waals surface area (Å²) in [6.07, 6.45) is 0. The third-order valence-electron chi connectivity index (χ3n) is 3.89. The Labute approximate surface area is 156 Å². The van der Waals surface area contributed by atoms with E-state index < -0.39 is 5.97 Å². The molecule has 1 heterocycles. The van der Waals surface area contributed by atoms with E-state index in [1.54, 1.807) is 31.3 Å². The first-order valence-corrected chi connectivity index (χ1v) is 8.42. The number of halogens is 1. The number of esters is 1. The Morgan fingerprint density at radius 2 is 1.77 bits per heavy atom. The zero-order valence-electron chi connectivity index (χ0n) is 14.2. The summed E-state index contributed by atoms with van der Waals surface area (Å²) in [7, 11) is 1.65. The number of hydrogen-bond acceptors (Lipinski definition) is 4. The Morgan fingerprint density at radius 3 is 2.54 bits per heavy atom. The van der Waals surface area contributed by atoms with E-state index >= 15 is 0 Å². The topological polar surface area (TPSA) is 59.5 Å². The van der Waals surface area contributed by atoms with Crippen LogP contribution in [0.4, 0.5) is 0 Å². The van der Waals surface area contributed by atoms with Gasteiger partial charge in [-0.3, -0.25) is 4.79 Å². The molecule has 3 rings (SSSR count). The first kappa shape index (κ1) is 17.9. The van der Waals surface area contributed by atoms with Crippen molar-refractivity contribution in [2.24, 2.45) is 0 Å². The lowest BCUT2D eigenvalue weighted by Crippen LogP contribution is -2.30. The molecule has 0 bridgehead atoms. The average molecular weight is 369 g/mol. The van der Waals surface area contributed by atoms with Gasteiger partial charge in [0.1, 0.15) is 5.69 Å². The third kappa shape index (κ3) is 4.37. The van der Waals surface area contributed by atoms with E-state index in [9.17, 15) is 9.59 Å². The van der Waals surface area contributed by atoms with Crippen molar-refractivity contribution in [2.75, 3.05) is 13.7 Å². The fourth-order valence-electron chi connectivity index (χ4n) is 2.44. The van der Waals surface area contributed by atoms with Crippen LogP contribution < -0.4 is 0 Å². The summed E-state index contributed by atoms with van der Waals surface area (Å²) in [5.74, 6) is -0.918. The van der Waals surface area contributed by atoms with Crippen molar-refractivity contribution in [3.05, 3.63) is 76.9 Å². The van der Waals surface area contributed by atoms with Gasteiger partial charge in [-0.25, -0.2) is 9.78 Å². The second-order valence-electron chi connectivity index (χ2n) is 5.84. The van der Waals surface area contributed by atoms with Crippen molar-refractivity contribution in [1.29, 1.82) is 0 Å². The number of hydrogen-bond donors (Lipinski definition) is 0. The van der Waals surface area contributed by atoms with Crippen molar-refractivity contribution >= 4 is 34.4 Å². The van der Waals surface area contributed by atoms with Crippen LogP contribution in [0.1, 0.15) is 16.1 Å². The Balaban J connectivity index is 1.57. The van der Waals surface area contributed by atoms with E-state index in [1.165, 1.54) is 4.90 Å². The minimum atomic E-state index is -0.621. The molecule has 0 saturated carbocycles. The molecule has 0 aliphatic rings. The van der Waals surface area contributed by atoms with Crippen LogP contribution >= 0.6 is 11.6 Å². The summed E-state index contributed by atoms with van der Waals surface area (Å²) in [5, 5.41) is 1.57. The van der Waals surface area contributed by atoms with E-state index in [0.29, 0.717) is 17.1 Å². The molecule has 132 valence electrons. The van der Waals surface area contributed by atoms with Crippen LogP contribution in [0.3, 0.4) is 0 Å². The normalized spacial score (nSPS) is 10.5. The predicted octanol–water partition coefficient (Wildman–Crippen LogP) is 3.70. The molecule has 0 aliphatic carbocycles. The highest BCUT2D eigenvalue weighted by atomic mass is 35.5. The van der Waals surface area contributed by atoms with Gasteiger partial charge >= 0.3 is 5.97 Å². The van der Waals surface area contributed by atoms with Crippen molar-refractivity contribution in [2.45, 2.75) is 6.54 Å². The lowest BCUT2D eigenvalue weighted by atomic mass is 10.2. The fourth-order valence-corrected chi connectivity index (χ4v) is 2.57. The molecule has 0 radical (unpaired) electrons. The average Bonchev–Trinajstić information content (AvgIpc) is 2.67. The molecule has 0 spiro atoms. The van der Waals surface area contributed by atoms with Crippen LogP contribution in [0.5, 0.6) is 0 Å². The van der Waals surface area contributed by atoms with Crippen molar-refractivity contribution in [3.8, 4) is 0 Å².